The van der Waals surface area contributed by atoms with Gasteiger partial charge in [-0.15, -0.1) is 0 Å². The number of ether oxygens (including phenoxy) is 2. The molecule has 1 unspecified atom stereocenters. The van der Waals surface area contributed by atoms with Gasteiger partial charge in [0, 0.05) is 26.0 Å². The first kappa shape index (κ1) is 16.7. The summed E-state index contributed by atoms with van der Waals surface area (Å²) in [6, 6.07) is 8.80. The third kappa shape index (κ3) is 3.23. The fraction of sp³-hybridized carbons (Fsp3) is 0.294. The summed E-state index contributed by atoms with van der Waals surface area (Å²) < 4.78 is 15.8. The highest BCUT2D eigenvalue weighted by molar-refractivity contribution is 5.98. The van der Waals surface area contributed by atoms with Crippen molar-refractivity contribution in [3.8, 4) is 0 Å². The van der Waals surface area contributed by atoms with E-state index in [9.17, 15) is 19.7 Å². The molecule has 1 aliphatic heterocycles. The molecule has 8 heteroatoms. The molecule has 25 heavy (non-hydrogen) atoms. The van der Waals surface area contributed by atoms with Gasteiger partial charge in [-0.2, -0.15) is 0 Å². The van der Waals surface area contributed by atoms with E-state index in [0.717, 1.165) is 0 Å². The van der Waals surface area contributed by atoms with Gasteiger partial charge in [-0.1, -0.05) is 12.1 Å². The zero-order valence-corrected chi connectivity index (χ0v) is 13.5. The van der Waals surface area contributed by atoms with E-state index in [-0.39, 0.29) is 5.69 Å². The van der Waals surface area contributed by atoms with Gasteiger partial charge in [0.1, 0.15) is 5.76 Å². The van der Waals surface area contributed by atoms with Crippen molar-refractivity contribution in [1.29, 1.82) is 0 Å². The first-order valence-corrected chi connectivity index (χ1v) is 7.52. The summed E-state index contributed by atoms with van der Waals surface area (Å²) in [6.07, 6.45) is 1.41. The lowest BCUT2D eigenvalue weighted by Crippen LogP contribution is -2.48. The van der Waals surface area contributed by atoms with Crippen molar-refractivity contribution in [2.75, 3.05) is 0 Å². The number of rotatable bonds is 4. The lowest BCUT2D eigenvalue weighted by molar-refractivity contribution is -0.384. The molecule has 2 aromatic rings. The summed E-state index contributed by atoms with van der Waals surface area (Å²) in [7, 11) is 0. The Kier molecular flexibility index (Phi) is 4.03. The summed E-state index contributed by atoms with van der Waals surface area (Å²) in [5.74, 6) is -4.53. The molecular formula is C17H15NO7. The number of nitro groups is 1. The average Bonchev–Trinajstić information content (AvgIpc) is 3.04. The van der Waals surface area contributed by atoms with Gasteiger partial charge < -0.3 is 13.9 Å². The fourth-order valence-electron chi connectivity index (χ4n) is 2.79. The summed E-state index contributed by atoms with van der Waals surface area (Å²) in [4.78, 5) is 35.2. The third-order valence-electron chi connectivity index (χ3n) is 3.85. The molecule has 8 nitrogen and oxygen atoms in total. The number of benzene rings is 1. The maximum atomic E-state index is 12.4. The van der Waals surface area contributed by atoms with Crippen LogP contribution in [-0.4, -0.2) is 22.6 Å². The zero-order chi connectivity index (χ0) is 18.2. The number of non-ortho nitro benzene ring substituents is 1. The largest absolute Gasteiger partial charge is 0.469 e. The van der Waals surface area contributed by atoms with Crippen LogP contribution >= 0.6 is 0 Å². The summed E-state index contributed by atoms with van der Waals surface area (Å²) >= 11 is 0. The van der Waals surface area contributed by atoms with Crippen LogP contribution in [0.5, 0.6) is 0 Å². The summed E-state index contributed by atoms with van der Waals surface area (Å²) in [6.45, 7) is 2.93. The number of carbonyl (C=O) groups excluding carboxylic acids is 2. The molecule has 0 saturated carbocycles. The third-order valence-corrected chi connectivity index (χ3v) is 3.85. The van der Waals surface area contributed by atoms with Crippen LogP contribution < -0.4 is 0 Å². The van der Waals surface area contributed by atoms with Crippen molar-refractivity contribution in [2.45, 2.75) is 25.6 Å². The number of nitrogens with zero attached hydrogens (tertiary/aromatic N) is 1. The molecule has 0 radical (unpaired) electrons. The Bertz CT molecular complexity index is 788. The Labute approximate surface area is 142 Å². The first-order valence-electron chi connectivity index (χ1n) is 7.52. The van der Waals surface area contributed by atoms with Gasteiger partial charge in [0.05, 0.1) is 17.1 Å². The summed E-state index contributed by atoms with van der Waals surface area (Å²) in [5.41, 5.74) is 0.399. The molecule has 0 N–H and O–H groups in total. The average molecular weight is 345 g/mol. The van der Waals surface area contributed by atoms with Crippen molar-refractivity contribution in [3.63, 3.8) is 0 Å². The van der Waals surface area contributed by atoms with Gasteiger partial charge in [-0.3, -0.25) is 19.7 Å². The van der Waals surface area contributed by atoms with Gasteiger partial charge in [-0.25, -0.2) is 0 Å². The van der Waals surface area contributed by atoms with E-state index in [1.165, 1.54) is 44.4 Å². The number of hydrogen-bond acceptors (Lipinski definition) is 7. The minimum absolute atomic E-state index is 0.100. The van der Waals surface area contributed by atoms with Gasteiger partial charge >= 0.3 is 11.9 Å². The first-order chi connectivity index (χ1) is 11.8. The van der Waals surface area contributed by atoms with E-state index in [1.54, 1.807) is 12.1 Å². The molecule has 1 aromatic heterocycles. The molecule has 130 valence electrons. The number of hydrogen-bond donors (Lipinski definition) is 0. The van der Waals surface area contributed by atoms with Crippen molar-refractivity contribution in [2.24, 2.45) is 5.92 Å². The molecular weight excluding hydrogens is 330 g/mol. The standard InChI is InChI=1S/C17H15NO7/c1-17(2)24-15(19)14(16(20)25-17)13(12-4-3-9-23-12)10-5-7-11(8-6-10)18(21)22/h3-9,13-14H,1-2H3. The van der Waals surface area contributed by atoms with Crippen LogP contribution in [0.25, 0.3) is 0 Å². The highest BCUT2D eigenvalue weighted by Gasteiger charge is 2.49. The lowest BCUT2D eigenvalue weighted by atomic mass is 9.83. The number of nitro benzene ring substituents is 1. The molecule has 1 aromatic carbocycles. The smallest absolute Gasteiger partial charge is 0.324 e. The van der Waals surface area contributed by atoms with Crippen molar-refractivity contribution in [3.05, 3.63) is 64.1 Å². The molecule has 0 spiro atoms. The monoisotopic (exact) mass is 345 g/mol. The number of furan rings is 1. The maximum absolute atomic E-state index is 12.4. The molecule has 2 heterocycles. The van der Waals surface area contributed by atoms with E-state index in [4.69, 9.17) is 13.9 Å². The van der Waals surface area contributed by atoms with E-state index >= 15 is 0 Å². The van der Waals surface area contributed by atoms with Crippen LogP contribution in [0, 0.1) is 16.0 Å². The number of carbonyl (C=O) groups is 2. The van der Waals surface area contributed by atoms with E-state index in [0.29, 0.717) is 11.3 Å². The predicted octanol–water partition coefficient (Wildman–Crippen LogP) is 2.77. The second kappa shape index (κ2) is 6.04. The van der Waals surface area contributed by atoms with Crippen LogP contribution in [0.15, 0.2) is 47.1 Å². The van der Waals surface area contributed by atoms with Crippen molar-refractivity contribution in [1.82, 2.24) is 0 Å². The Morgan fingerprint density at radius 1 is 1.08 bits per heavy atom. The van der Waals surface area contributed by atoms with Crippen LogP contribution in [0.2, 0.25) is 0 Å². The van der Waals surface area contributed by atoms with E-state index < -0.39 is 34.5 Å². The molecule has 1 saturated heterocycles. The number of cyclic esters (lactones) is 2. The second-order valence-corrected chi connectivity index (χ2v) is 6.06. The maximum Gasteiger partial charge on any atom is 0.324 e. The topological polar surface area (TPSA) is 109 Å². The molecule has 0 bridgehead atoms. The molecule has 1 aliphatic rings. The van der Waals surface area contributed by atoms with Crippen molar-refractivity contribution >= 4 is 17.6 Å². The fourth-order valence-corrected chi connectivity index (χ4v) is 2.79. The molecule has 0 aliphatic carbocycles. The van der Waals surface area contributed by atoms with Crippen LogP contribution in [0.4, 0.5) is 5.69 Å². The van der Waals surface area contributed by atoms with Crippen LogP contribution in [0.3, 0.4) is 0 Å². The minimum Gasteiger partial charge on any atom is -0.469 e. The zero-order valence-electron chi connectivity index (χ0n) is 13.5. The molecule has 1 fully saturated rings. The van der Waals surface area contributed by atoms with Gasteiger partial charge in [-0.05, 0) is 17.7 Å². The molecule has 3 rings (SSSR count). The minimum atomic E-state index is -1.34. The van der Waals surface area contributed by atoms with E-state index in [1.807, 2.05) is 0 Å². The molecule has 0 amide bonds. The SMILES string of the molecule is CC1(C)OC(=O)C(C(c2ccc([N+](=O)[O-])cc2)c2ccco2)C(=O)O1. The lowest BCUT2D eigenvalue weighted by Gasteiger charge is -2.35. The van der Waals surface area contributed by atoms with Gasteiger partial charge in [0.15, 0.2) is 5.92 Å². The normalized spacial score (nSPS) is 18.3. The van der Waals surface area contributed by atoms with Crippen LogP contribution in [0.1, 0.15) is 31.1 Å². The summed E-state index contributed by atoms with van der Waals surface area (Å²) in [5, 5.41) is 10.8. The van der Waals surface area contributed by atoms with Gasteiger partial charge in [0.2, 0.25) is 0 Å². The van der Waals surface area contributed by atoms with Gasteiger partial charge in [0.25, 0.3) is 11.5 Å². The predicted molar refractivity (Wildman–Crippen MR) is 83.4 cm³/mol. The Balaban J connectivity index is 2.03. The Morgan fingerprint density at radius 2 is 1.68 bits per heavy atom. The Morgan fingerprint density at radius 3 is 2.16 bits per heavy atom. The van der Waals surface area contributed by atoms with E-state index in [2.05, 4.69) is 0 Å². The number of esters is 2. The highest BCUT2D eigenvalue weighted by atomic mass is 16.7. The van der Waals surface area contributed by atoms with Crippen LogP contribution in [-0.2, 0) is 19.1 Å². The second-order valence-electron chi connectivity index (χ2n) is 6.06. The Hall–Kier alpha value is -3.16. The molecule has 1 atom stereocenters. The quantitative estimate of drug-likeness (QED) is 0.363. The highest BCUT2D eigenvalue weighted by Crippen LogP contribution is 2.38. The van der Waals surface area contributed by atoms with Crippen molar-refractivity contribution < 1.29 is 28.4 Å².